The Morgan fingerprint density at radius 3 is 2.95 bits per heavy atom. The van der Waals surface area contributed by atoms with E-state index < -0.39 is 5.82 Å². The summed E-state index contributed by atoms with van der Waals surface area (Å²) in [5, 5.41) is 3.23. The topological polar surface area (TPSA) is 21.3 Å². The predicted octanol–water partition coefficient (Wildman–Crippen LogP) is 4.07. The van der Waals surface area contributed by atoms with E-state index in [9.17, 15) is 4.39 Å². The molecular formula is C15H13ClFNO. The summed E-state index contributed by atoms with van der Waals surface area (Å²) in [5.41, 5.74) is 1.59. The molecule has 0 aromatic heterocycles. The minimum Gasteiger partial charge on any atom is -0.493 e. The average molecular weight is 278 g/mol. The lowest BCUT2D eigenvalue weighted by atomic mass is 10.0. The van der Waals surface area contributed by atoms with Crippen molar-refractivity contribution in [1.82, 2.24) is 0 Å². The number of anilines is 1. The van der Waals surface area contributed by atoms with Gasteiger partial charge >= 0.3 is 0 Å². The molecule has 3 rings (SSSR count). The van der Waals surface area contributed by atoms with Crippen LogP contribution in [0.2, 0.25) is 5.02 Å². The Kier molecular flexibility index (Phi) is 3.30. The smallest absolute Gasteiger partial charge is 0.164 e. The van der Waals surface area contributed by atoms with Crippen molar-refractivity contribution in [3.63, 3.8) is 0 Å². The molecule has 1 atom stereocenters. The molecule has 1 aliphatic heterocycles. The fourth-order valence-electron chi connectivity index (χ4n) is 2.27. The van der Waals surface area contributed by atoms with Gasteiger partial charge in [-0.2, -0.15) is 0 Å². The maximum Gasteiger partial charge on any atom is 0.164 e. The lowest BCUT2D eigenvalue weighted by Crippen LogP contribution is -2.14. The molecule has 98 valence electrons. The number of rotatable bonds is 3. The fraction of sp³-hybridized carbons (Fsp3) is 0.200. The molecule has 1 heterocycles. The molecule has 0 amide bonds. The van der Waals surface area contributed by atoms with Crippen molar-refractivity contribution >= 4 is 17.3 Å². The van der Waals surface area contributed by atoms with Gasteiger partial charge in [0.2, 0.25) is 0 Å². The minimum atomic E-state index is -0.406. The largest absolute Gasteiger partial charge is 0.493 e. The maximum atomic E-state index is 13.7. The standard InChI is InChI=1S/C15H13ClFNO/c16-12-5-3-6-13(15(12)17)18-8-10-9-19-14-7-2-1-4-11(10)14/h1-7,10,18H,8-9H2. The zero-order valence-corrected chi connectivity index (χ0v) is 11.0. The Balaban J connectivity index is 1.73. The Morgan fingerprint density at radius 2 is 2.05 bits per heavy atom. The monoisotopic (exact) mass is 277 g/mol. The summed E-state index contributed by atoms with van der Waals surface area (Å²) >= 11 is 5.75. The van der Waals surface area contributed by atoms with Crippen molar-refractivity contribution < 1.29 is 9.13 Å². The number of benzene rings is 2. The van der Waals surface area contributed by atoms with Crippen molar-refractivity contribution in [3.8, 4) is 5.75 Å². The van der Waals surface area contributed by atoms with Crippen LogP contribution in [0.25, 0.3) is 0 Å². The molecule has 1 N–H and O–H groups in total. The maximum absolute atomic E-state index is 13.7. The van der Waals surface area contributed by atoms with Crippen molar-refractivity contribution in [2.45, 2.75) is 5.92 Å². The van der Waals surface area contributed by atoms with Gasteiger partial charge in [0, 0.05) is 18.0 Å². The number of fused-ring (bicyclic) bond motifs is 1. The molecule has 1 unspecified atom stereocenters. The molecule has 0 fully saturated rings. The van der Waals surface area contributed by atoms with Crippen LogP contribution >= 0.6 is 11.6 Å². The molecule has 2 aromatic carbocycles. The fourth-order valence-corrected chi connectivity index (χ4v) is 2.45. The molecule has 4 heteroatoms. The second kappa shape index (κ2) is 5.10. The first-order valence-corrected chi connectivity index (χ1v) is 6.53. The number of hydrogen-bond acceptors (Lipinski definition) is 2. The summed E-state index contributed by atoms with van der Waals surface area (Å²) < 4.78 is 19.3. The third kappa shape index (κ3) is 2.38. The van der Waals surface area contributed by atoms with Crippen LogP contribution in [0.5, 0.6) is 5.75 Å². The number of ether oxygens (including phenoxy) is 1. The zero-order chi connectivity index (χ0) is 13.2. The lowest BCUT2D eigenvalue weighted by molar-refractivity contribution is 0.334. The second-order valence-electron chi connectivity index (χ2n) is 4.53. The third-order valence-corrected chi connectivity index (χ3v) is 3.58. The summed E-state index contributed by atoms with van der Waals surface area (Å²) in [6.07, 6.45) is 0. The van der Waals surface area contributed by atoms with E-state index in [0.717, 1.165) is 11.3 Å². The summed E-state index contributed by atoms with van der Waals surface area (Å²) in [4.78, 5) is 0. The van der Waals surface area contributed by atoms with Crippen LogP contribution in [0.15, 0.2) is 42.5 Å². The van der Waals surface area contributed by atoms with Crippen molar-refractivity contribution in [2.24, 2.45) is 0 Å². The SMILES string of the molecule is Fc1c(Cl)cccc1NCC1COc2ccccc21. The number of para-hydroxylation sites is 1. The van der Waals surface area contributed by atoms with Gasteiger partial charge in [-0.25, -0.2) is 4.39 Å². The molecule has 0 saturated heterocycles. The predicted molar refractivity (Wildman–Crippen MR) is 74.6 cm³/mol. The van der Waals surface area contributed by atoms with Gasteiger partial charge in [-0.1, -0.05) is 35.9 Å². The van der Waals surface area contributed by atoms with Gasteiger partial charge in [0.05, 0.1) is 17.3 Å². The lowest BCUT2D eigenvalue weighted by Gasteiger charge is -2.12. The second-order valence-corrected chi connectivity index (χ2v) is 4.94. The molecule has 19 heavy (non-hydrogen) atoms. The Bertz CT molecular complexity index is 602. The van der Waals surface area contributed by atoms with Crippen molar-refractivity contribution in [3.05, 3.63) is 58.9 Å². The highest BCUT2D eigenvalue weighted by molar-refractivity contribution is 6.31. The normalized spacial score (nSPS) is 16.8. The molecule has 0 spiro atoms. The van der Waals surface area contributed by atoms with Crippen LogP contribution < -0.4 is 10.1 Å². The first kappa shape index (κ1) is 12.3. The highest BCUT2D eigenvalue weighted by atomic mass is 35.5. The van der Waals surface area contributed by atoms with E-state index in [1.54, 1.807) is 12.1 Å². The van der Waals surface area contributed by atoms with E-state index in [4.69, 9.17) is 16.3 Å². The van der Waals surface area contributed by atoms with Gasteiger partial charge in [-0.3, -0.25) is 0 Å². The van der Waals surface area contributed by atoms with Gasteiger partial charge in [-0.15, -0.1) is 0 Å². The molecule has 0 saturated carbocycles. The minimum absolute atomic E-state index is 0.132. The van der Waals surface area contributed by atoms with Crippen LogP contribution in [0.4, 0.5) is 10.1 Å². The first-order chi connectivity index (χ1) is 9.25. The molecule has 1 aliphatic rings. The van der Waals surface area contributed by atoms with Crippen LogP contribution in [-0.4, -0.2) is 13.2 Å². The third-order valence-electron chi connectivity index (χ3n) is 3.29. The van der Waals surface area contributed by atoms with E-state index >= 15 is 0 Å². The molecule has 0 bridgehead atoms. The van der Waals surface area contributed by atoms with E-state index in [1.807, 2.05) is 24.3 Å². The summed E-state index contributed by atoms with van der Waals surface area (Å²) in [5.74, 6) is 0.742. The van der Waals surface area contributed by atoms with E-state index in [-0.39, 0.29) is 10.9 Å². The number of hydrogen-bond donors (Lipinski definition) is 1. The molecule has 0 radical (unpaired) electrons. The number of halogens is 2. The van der Waals surface area contributed by atoms with Crippen LogP contribution in [0.3, 0.4) is 0 Å². The van der Waals surface area contributed by atoms with E-state index in [1.165, 1.54) is 6.07 Å². The summed E-state index contributed by atoms with van der Waals surface area (Å²) in [6.45, 7) is 1.24. The molecule has 2 aromatic rings. The first-order valence-electron chi connectivity index (χ1n) is 6.15. The summed E-state index contributed by atoms with van der Waals surface area (Å²) in [7, 11) is 0. The number of nitrogens with one attached hydrogen (secondary N) is 1. The Hall–Kier alpha value is -1.74. The van der Waals surface area contributed by atoms with Gasteiger partial charge in [0.1, 0.15) is 5.75 Å². The van der Waals surface area contributed by atoms with E-state index in [0.29, 0.717) is 18.8 Å². The highest BCUT2D eigenvalue weighted by Crippen LogP contribution is 2.33. The van der Waals surface area contributed by atoms with E-state index in [2.05, 4.69) is 5.32 Å². The Labute approximate surface area is 116 Å². The van der Waals surface area contributed by atoms with Gasteiger partial charge in [0.15, 0.2) is 5.82 Å². The molecular weight excluding hydrogens is 265 g/mol. The molecule has 0 aliphatic carbocycles. The van der Waals surface area contributed by atoms with Crippen molar-refractivity contribution in [2.75, 3.05) is 18.5 Å². The quantitative estimate of drug-likeness (QED) is 0.913. The molecule has 2 nitrogen and oxygen atoms in total. The van der Waals surface area contributed by atoms with Crippen LogP contribution in [-0.2, 0) is 0 Å². The van der Waals surface area contributed by atoms with Gasteiger partial charge in [-0.05, 0) is 18.2 Å². The van der Waals surface area contributed by atoms with Gasteiger partial charge < -0.3 is 10.1 Å². The van der Waals surface area contributed by atoms with Crippen molar-refractivity contribution in [1.29, 1.82) is 0 Å². The zero-order valence-electron chi connectivity index (χ0n) is 10.2. The van der Waals surface area contributed by atoms with Gasteiger partial charge in [0.25, 0.3) is 0 Å². The van der Waals surface area contributed by atoms with Crippen LogP contribution in [0.1, 0.15) is 11.5 Å². The van der Waals surface area contributed by atoms with Crippen LogP contribution in [0, 0.1) is 5.82 Å². The summed E-state index contributed by atoms with van der Waals surface area (Å²) in [6, 6.07) is 12.9. The average Bonchev–Trinajstić information content (AvgIpc) is 2.84. The highest BCUT2D eigenvalue weighted by Gasteiger charge is 2.23. The Morgan fingerprint density at radius 1 is 1.21 bits per heavy atom.